The van der Waals surface area contributed by atoms with Crippen LogP contribution in [-0.4, -0.2) is 11.5 Å². The third-order valence-electron chi connectivity index (χ3n) is 4.76. The van der Waals surface area contributed by atoms with Crippen LogP contribution in [0.1, 0.15) is 31.4 Å². The van der Waals surface area contributed by atoms with Crippen LogP contribution in [0.3, 0.4) is 0 Å². The van der Waals surface area contributed by atoms with E-state index in [0.717, 1.165) is 35.3 Å². The lowest BCUT2D eigenvalue weighted by Gasteiger charge is -2.14. The first-order chi connectivity index (χ1) is 10.3. The van der Waals surface area contributed by atoms with Crippen molar-refractivity contribution in [2.24, 2.45) is 11.3 Å². The Kier molecular flexibility index (Phi) is 3.31. The quantitative estimate of drug-likeness (QED) is 0.864. The van der Waals surface area contributed by atoms with E-state index in [0.29, 0.717) is 5.41 Å². The van der Waals surface area contributed by atoms with Gasteiger partial charge in [-0.2, -0.15) is 0 Å². The minimum atomic E-state index is -0.202. The van der Waals surface area contributed by atoms with Crippen LogP contribution in [0.4, 0.5) is 4.39 Å². The number of nitrogens with one attached hydrogen (secondary N) is 1. The van der Waals surface area contributed by atoms with Crippen molar-refractivity contribution in [3.05, 3.63) is 41.2 Å². The van der Waals surface area contributed by atoms with E-state index in [2.05, 4.69) is 15.7 Å². The number of aromatic nitrogens is 1. The molecule has 2 aliphatic carbocycles. The maximum Gasteiger partial charge on any atom is 0.123 e. The highest BCUT2D eigenvalue weighted by atomic mass is 32.1. The van der Waals surface area contributed by atoms with Gasteiger partial charge < -0.3 is 5.32 Å². The second-order valence-electron chi connectivity index (χ2n) is 6.39. The number of rotatable bonds is 6. The van der Waals surface area contributed by atoms with Crippen LogP contribution >= 0.6 is 11.3 Å². The van der Waals surface area contributed by atoms with Crippen molar-refractivity contribution >= 4 is 11.3 Å². The van der Waals surface area contributed by atoms with Gasteiger partial charge in [0.15, 0.2) is 0 Å². The van der Waals surface area contributed by atoms with Gasteiger partial charge in [0.05, 0.1) is 5.69 Å². The van der Waals surface area contributed by atoms with Gasteiger partial charge in [-0.25, -0.2) is 9.37 Å². The summed E-state index contributed by atoms with van der Waals surface area (Å²) in [6.07, 6.45) is 5.69. The Morgan fingerprint density at radius 1 is 1.24 bits per heavy atom. The van der Waals surface area contributed by atoms with Gasteiger partial charge in [0.2, 0.25) is 0 Å². The van der Waals surface area contributed by atoms with E-state index < -0.39 is 0 Å². The number of hydrogen-bond donors (Lipinski definition) is 1. The molecule has 1 heterocycles. The van der Waals surface area contributed by atoms with E-state index in [-0.39, 0.29) is 5.82 Å². The van der Waals surface area contributed by atoms with Gasteiger partial charge in [-0.05, 0) is 61.3 Å². The number of nitrogens with zero attached hydrogens (tertiary/aromatic N) is 1. The number of thiazole rings is 1. The van der Waals surface area contributed by atoms with E-state index in [1.54, 1.807) is 23.5 Å². The average molecular weight is 302 g/mol. The summed E-state index contributed by atoms with van der Waals surface area (Å²) in [5.74, 6) is 0.794. The first kappa shape index (κ1) is 13.4. The number of halogens is 1. The summed E-state index contributed by atoms with van der Waals surface area (Å²) >= 11 is 1.63. The third-order valence-corrected chi connectivity index (χ3v) is 5.70. The molecule has 2 aliphatic rings. The molecule has 0 aliphatic heterocycles. The molecule has 110 valence electrons. The summed E-state index contributed by atoms with van der Waals surface area (Å²) in [4.78, 5) is 4.64. The first-order valence-electron chi connectivity index (χ1n) is 7.66. The Bertz CT molecular complexity index is 626. The van der Waals surface area contributed by atoms with E-state index in [1.165, 1.54) is 37.8 Å². The molecule has 0 unspecified atom stereocenters. The van der Waals surface area contributed by atoms with Crippen molar-refractivity contribution in [2.45, 2.75) is 32.2 Å². The molecule has 2 saturated carbocycles. The van der Waals surface area contributed by atoms with E-state index in [4.69, 9.17) is 0 Å². The van der Waals surface area contributed by atoms with E-state index >= 15 is 0 Å². The van der Waals surface area contributed by atoms with Gasteiger partial charge in [0.1, 0.15) is 10.8 Å². The number of benzene rings is 1. The van der Waals surface area contributed by atoms with Gasteiger partial charge in [0, 0.05) is 24.0 Å². The SMILES string of the molecule is Fc1ccc(-c2nc(CNCC3(C4CC4)CC3)cs2)cc1. The number of hydrogen-bond acceptors (Lipinski definition) is 3. The molecule has 0 spiro atoms. The Hall–Kier alpha value is -1.26. The van der Waals surface area contributed by atoms with Gasteiger partial charge in [-0.15, -0.1) is 11.3 Å². The van der Waals surface area contributed by atoms with Crippen LogP contribution in [0, 0.1) is 17.2 Å². The molecule has 2 aromatic rings. The predicted molar refractivity (Wildman–Crippen MR) is 83.6 cm³/mol. The topological polar surface area (TPSA) is 24.9 Å². The molecule has 2 fully saturated rings. The molecule has 0 radical (unpaired) electrons. The second-order valence-corrected chi connectivity index (χ2v) is 7.25. The lowest BCUT2D eigenvalue weighted by molar-refractivity contribution is 0.402. The zero-order chi connectivity index (χ0) is 14.3. The molecule has 0 saturated heterocycles. The summed E-state index contributed by atoms with van der Waals surface area (Å²) in [5.41, 5.74) is 2.71. The molecule has 0 atom stereocenters. The maximum atomic E-state index is 12.9. The molecule has 4 rings (SSSR count). The second kappa shape index (κ2) is 5.18. The summed E-state index contributed by atoms with van der Waals surface area (Å²) in [5, 5.41) is 6.65. The molecule has 21 heavy (non-hydrogen) atoms. The molecule has 0 amide bonds. The van der Waals surface area contributed by atoms with Crippen LogP contribution in [0.25, 0.3) is 10.6 Å². The van der Waals surface area contributed by atoms with Crippen LogP contribution in [0.2, 0.25) is 0 Å². The fraction of sp³-hybridized carbons (Fsp3) is 0.471. The van der Waals surface area contributed by atoms with Crippen molar-refractivity contribution in [3.63, 3.8) is 0 Å². The fourth-order valence-electron chi connectivity index (χ4n) is 3.14. The normalized spacial score (nSPS) is 19.7. The lowest BCUT2D eigenvalue weighted by atomic mass is 10.0. The van der Waals surface area contributed by atoms with Gasteiger partial charge in [-0.3, -0.25) is 0 Å². The summed E-state index contributed by atoms with van der Waals surface area (Å²) in [6, 6.07) is 6.55. The summed E-state index contributed by atoms with van der Waals surface area (Å²) in [6.45, 7) is 1.98. The summed E-state index contributed by atoms with van der Waals surface area (Å²) in [7, 11) is 0. The van der Waals surface area contributed by atoms with Crippen LogP contribution in [0.15, 0.2) is 29.6 Å². The monoisotopic (exact) mass is 302 g/mol. The van der Waals surface area contributed by atoms with Crippen molar-refractivity contribution in [3.8, 4) is 10.6 Å². The lowest BCUT2D eigenvalue weighted by Crippen LogP contribution is -2.25. The van der Waals surface area contributed by atoms with Crippen LogP contribution in [-0.2, 0) is 6.54 Å². The fourth-order valence-corrected chi connectivity index (χ4v) is 3.96. The standard InChI is InChI=1S/C17H19FN2S/c18-14-5-1-12(2-6-14)16-20-15(10-21-16)9-19-11-17(7-8-17)13-3-4-13/h1-2,5-6,10,13,19H,3-4,7-9,11H2. The predicted octanol–water partition coefficient (Wildman–Crippen LogP) is 4.23. The third kappa shape index (κ3) is 2.87. The highest BCUT2D eigenvalue weighted by Gasteiger charge is 2.53. The van der Waals surface area contributed by atoms with Gasteiger partial charge in [0.25, 0.3) is 0 Å². The van der Waals surface area contributed by atoms with Crippen molar-refractivity contribution in [2.75, 3.05) is 6.54 Å². The van der Waals surface area contributed by atoms with Crippen molar-refractivity contribution in [1.82, 2.24) is 10.3 Å². The van der Waals surface area contributed by atoms with Crippen LogP contribution in [0.5, 0.6) is 0 Å². The summed E-state index contributed by atoms with van der Waals surface area (Å²) < 4.78 is 12.9. The van der Waals surface area contributed by atoms with E-state index in [1.807, 2.05) is 0 Å². The Labute approximate surface area is 128 Å². The Morgan fingerprint density at radius 2 is 2.00 bits per heavy atom. The Balaban J connectivity index is 1.35. The van der Waals surface area contributed by atoms with Gasteiger partial charge >= 0.3 is 0 Å². The molecule has 0 bridgehead atoms. The van der Waals surface area contributed by atoms with Gasteiger partial charge in [-0.1, -0.05) is 0 Å². The highest BCUT2D eigenvalue weighted by Crippen LogP contribution is 2.60. The van der Waals surface area contributed by atoms with Crippen molar-refractivity contribution < 1.29 is 4.39 Å². The molecule has 1 N–H and O–H groups in total. The smallest absolute Gasteiger partial charge is 0.123 e. The largest absolute Gasteiger partial charge is 0.311 e. The van der Waals surface area contributed by atoms with Crippen molar-refractivity contribution in [1.29, 1.82) is 0 Å². The highest BCUT2D eigenvalue weighted by molar-refractivity contribution is 7.13. The molecular formula is C17H19FN2S. The molecular weight excluding hydrogens is 283 g/mol. The molecule has 2 nitrogen and oxygen atoms in total. The molecule has 4 heteroatoms. The molecule has 1 aromatic heterocycles. The maximum absolute atomic E-state index is 12.9. The minimum Gasteiger partial charge on any atom is -0.311 e. The van der Waals surface area contributed by atoms with Crippen LogP contribution < -0.4 is 5.32 Å². The zero-order valence-corrected chi connectivity index (χ0v) is 12.8. The van der Waals surface area contributed by atoms with E-state index in [9.17, 15) is 4.39 Å². The molecule has 1 aromatic carbocycles. The minimum absolute atomic E-state index is 0.202. The average Bonchev–Trinajstić information content (AvgIpc) is 3.39. The Morgan fingerprint density at radius 3 is 2.67 bits per heavy atom. The first-order valence-corrected chi connectivity index (χ1v) is 8.54. The zero-order valence-electron chi connectivity index (χ0n) is 11.9.